The summed E-state index contributed by atoms with van der Waals surface area (Å²) in [6.07, 6.45) is 3.06. The van der Waals surface area contributed by atoms with E-state index in [0.29, 0.717) is 17.8 Å². The summed E-state index contributed by atoms with van der Waals surface area (Å²) in [5.41, 5.74) is 1.92. The van der Waals surface area contributed by atoms with Crippen molar-refractivity contribution in [1.82, 2.24) is 5.32 Å². The van der Waals surface area contributed by atoms with Crippen LogP contribution in [0, 0.1) is 5.92 Å². The van der Waals surface area contributed by atoms with Crippen molar-refractivity contribution >= 4 is 22.8 Å². The minimum atomic E-state index is -1.07. The number of ether oxygens (including phenoxy) is 1. The Kier molecular flexibility index (Phi) is 6.25. The van der Waals surface area contributed by atoms with Gasteiger partial charge in [-0.1, -0.05) is 13.8 Å². The summed E-state index contributed by atoms with van der Waals surface area (Å²) in [5, 5.41) is 12.7. The van der Waals surface area contributed by atoms with Crippen molar-refractivity contribution in [3.63, 3.8) is 0 Å². The molecule has 0 aliphatic heterocycles. The van der Waals surface area contributed by atoms with Gasteiger partial charge >= 0.3 is 11.6 Å². The molecule has 1 aromatic carbocycles. The number of nitrogens with one attached hydrogen (secondary N) is 1. The van der Waals surface area contributed by atoms with Crippen LogP contribution >= 0.6 is 0 Å². The second-order valence-corrected chi connectivity index (χ2v) is 8.00. The van der Waals surface area contributed by atoms with Crippen LogP contribution < -0.4 is 15.7 Å². The Hall–Kier alpha value is -2.83. The van der Waals surface area contributed by atoms with E-state index < -0.39 is 24.0 Å². The van der Waals surface area contributed by atoms with Gasteiger partial charge in [0.25, 0.3) is 5.91 Å². The Labute approximate surface area is 169 Å². The van der Waals surface area contributed by atoms with Gasteiger partial charge in [0.1, 0.15) is 17.4 Å². The molecule has 0 fully saturated rings. The lowest BCUT2D eigenvalue weighted by molar-refractivity contribution is -0.143. The van der Waals surface area contributed by atoms with Crippen molar-refractivity contribution in [2.24, 2.45) is 5.92 Å². The van der Waals surface area contributed by atoms with E-state index in [0.717, 1.165) is 42.2 Å². The fraction of sp³-hybridized carbons (Fsp3) is 0.500. The van der Waals surface area contributed by atoms with Crippen LogP contribution in [0.5, 0.6) is 5.75 Å². The predicted octanol–water partition coefficient (Wildman–Crippen LogP) is 3.05. The van der Waals surface area contributed by atoms with Crippen LogP contribution in [-0.4, -0.2) is 29.1 Å². The van der Waals surface area contributed by atoms with E-state index in [-0.39, 0.29) is 11.5 Å². The lowest BCUT2D eigenvalue weighted by Gasteiger charge is -2.20. The topological polar surface area (TPSA) is 106 Å². The number of carbonyl (C=O) groups excluding carboxylic acids is 1. The molecule has 0 spiro atoms. The number of aliphatic carboxylic acids is 1. The van der Waals surface area contributed by atoms with E-state index in [1.54, 1.807) is 19.1 Å². The molecular weight excluding hydrogens is 374 g/mol. The van der Waals surface area contributed by atoms with Gasteiger partial charge < -0.3 is 19.6 Å². The van der Waals surface area contributed by atoms with Crippen LogP contribution in [0.3, 0.4) is 0 Å². The smallest absolute Gasteiger partial charge is 0.339 e. The predicted molar refractivity (Wildman–Crippen MR) is 108 cm³/mol. The number of rotatable bonds is 7. The number of carboxylic acids is 1. The summed E-state index contributed by atoms with van der Waals surface area (Å²) in [4.78, 5) is 36.0. The van der Waals surface area contributed by atoms with Crippen molar-refractivity contribution < 1.29 is 23.8 Å². The highest BCUT2D eigenvalue weighted by molar-refractivity contribution is 5.86. The zero-order valence-electron chi connectivity index (χ0n) is 17.0. The number of hydrogen-bond donors (Lipinski definition) is 2. The summed E-state index contributed by atoms with van der Waals surface area (Å²) in [6, 6.07) is 4.23. The number of hydrogen-bond acceptors (Lipinski definition) is 5. The van der Waals surface area contributed by atoms with Crippen molar-refractivity contribution in [2.75, 3.05) is 0 Å². The minimum Gasteiger partial charge on any atom is -0.481 e. The largest absolute Gasteiger partial charge is 0.481 e. The molecule has 29 heavy (non-hydrogen) atoms. The second kappa shape index (κ2) is 8.68. The van der Waals surface area contributed by atoms with Gasteiger partial charge in [-0.05, 0) is 62.6 Å². The maximum atomic E-state index is 12.4. The molecule has 1 unspecified atom stereocenters. The van der Waals surface area contributed by atoms with Gasteiger partial charge in [-0.2, -0.15) is 0 Å². The fourth-order valence-electron chi connectivity index (χ4n) is 3.74. The molecule has 7 nitrogen and oxygen atoms in total. The van der Waals surface area contributed by atoms with Crippen LogP contribution in [0.25, 0.3) is 11.0 Å². The Bertz CT molecular complexity index is 977. The van der Waals surface area contributed by atoms with Gasteiger partial charge in [-0.25, -0.2) is 9.59 Å². The first-order valence-electron chi connectivity index (χ1n) is 10.0. The molecule has 2 atom stereocenters. The molecule has 156 valence electrons. The highest BCUT2D eigenvalue weighted by Gasteiger charge is 2.25. The average Bonchev–Trinajstić information content (AvgIpc) is 2.67. The van der Waals surface area contributed by atoms with E-state index in [1.807, 2.05) is 19.9 Å². The molecule has 1 aliphatic carbocycles. The van der Waals surface area contributed by atoms with Gasteiger partial charge in [-0.3, -0.25) is 4.79 Å². The Morgan fingerprint density at radius 2 is 1.86 bits per heavy atom. The van der Waals surface area contributed by atoms with Crippen LogP contribution in [0.4, 0.5) is 0 Å². The number of benzene rings is 1. The Morgan fingerprint density at radius 3 is 2.52 bits per heavy atom. The van der Waals surface area contributed by atoms with Crippen LogP contribution in [0.1, 0.15) is 51.2 Å². The first kappa shape index (κ1) is 20.9. The number of aryl methyl sites for hydroxylation is 1. The van der Waals surface area contributed by atoms with Crippen LogP contribution in [-0.2, 0) is 22.4 Å². The molecule has 1 heterocycles. The molecule has 2 N–H and O–H groups in total. The molecule has 3 rings (SSSR count). The van der Waals surface area contributed by atoms with E-state index >= 15 is 0 Å². The van der Waals surface area contributed by atoms with Crippen LogP contribution in [0.2, 0.25) is 0 Å². The summed E-state index contributed by atoms with van der Waals surface area (Å²) in [5.74, 6) is -1.07. The Balaban J connectivity index is 1.76. The van der Waals surface area contributed by atoms with Crippen molar-refractivity contribution in [3.8, 4) is 5.75 Å². The van der Waals surface area contributed by atoms with Gasteiger partial charge in [0.15, 0.2) is 6.10 Å². The molecule has 0 bridgehead atoms. The summed E-state index contributed by atoms with van der Waals surface area (Å²) in [7, 11) is 0. The third-order valence-electron chi connectivity index (χ3n) is 5.20. The molecule has 1 amide bonds. The fourth-order valence-corrected chi connectivity index (χ4v) is 3.74. The molecule has 1 aliphatic rings. The number of amides is 1. The molecule has 7 heteroatoms. The molecule has 0 saturated carbocycles. The van der Waals surface area contributed by atoms with Crippen molar-refractivity contribution in [1.29, 1.82) is 0 Å². The maximum Gasteiger partial charge on any atom is 0.339 e. The molecule has 0 radical (unpaired) electrons. The van der Waals surface area contributed by atoms with Gasteiger partial charge in [-0.15, -0.1) is 0 Å². The third-order valence-corrected chi connectivity index (χ3v) is 5.20. The number of fused-ring (bicyclic) bond motifs is 3. The summed E-state index contributed by atoms with van der Waals surface area (Å²) in [6.45, 7) is 5.34. The molecular formula is C22H27NO6. The lowest BCUT2D eigenvalue weighted by atomic mass is 9.91. The quantitative estimate of drug-likeness (QED) is 0.691. The SMILES string of the molecule is CC(C)C[C@@H](NC(=O)C(C)Oc1ccc2c3c(c(=O)oc2c1)CCCC3)C(=O)O. The molecule has 1 aromatic heterocycles. The molecule has 2 aromatic rings. The maximum absolute atomic E-state index is 12.4. The van der Waals surface area contributed by atoms with E-state index in [4.69, 9.17) is 9.15 Å². The van der Waals surface area contributed by atoms with E-state index in [9.17, 15) is 19.5 Å². The summed E-state index contributed by atoms with van der Waals surface area (Å²) < 4.78 is 11.2. The zero-order valence-corrected chi connectivity index (χ0v) is 17.0. The first-order chi connectivity index (χ1) is 13.8. The zero-order chi connectivity index (χ0) is 21.1. The standard InChI is InChI=1S/C22H27NO6/c1-12(2)10-18(21(25)26)23-20(24)13(3)28-14-8-9-16-15-6-4-5-7-17(15)22(27)29-19(16)11-14/h8-9,11-13,18H,4-7,10H2,1-3H3,(H,23,24)(H,25,26)/t13?,18-/m1/s1. The first-order valence-corrected chi connectivity index (χ1v) is 10.0. The highest BCUT2D eigenvalue weighted by Crippen LogP contribution is 2.29. The van der Waals surface area contributed by atoms with Crippen molar-refractivity contribution in [3.05, 3.63) is 39.7 Å². The number of carbonyl (C=O) groups is 2. The normalized spacial score (nSPS) is 15.6. The Morgan fingerprint density at radius 1 is 1.17 bits per heavy atom. The van der Waals surface area contributed by atoms with E-state index in [1.165, 1.54) is 0 Å². The monoisotopic (exact) mass is 401 g/mol. The average molecular weight is 401 g/mol. The lowest BCUT2D eigenvalue weighted by Crippen LogP contribution is -2.46. The highest BCUT2D eigenvalue weighted by atomic mass is 16.5. The number of carboxylic acid groups (broad SMARTS) is 1. The van der Waals surface area contributed by atoms with Gasteiger partial charge in [0.05, 0.1) is 0 Å². The van der Waals surface area contributed by atoms with E-state index in [2.05, 4.69) is 5.32 Å². The second-order valence-electron chi connectivity index (χ2n) is 8.00. The third kappa shape index (κ3) is 4.78. The van der Waals surface area contributed by atoms with Crippen molar-refractivity contribution in [2.45, 2.75) is 65.0 Å². The minimum absolute atomic E-state index is 0.127. The summed E-state index contributed by atoms with van der Waals surface area (Å²) >= 11 is 0. The van der Waals surface area contributed by atoms with Gasteiger partial charge in [0.2, 0.25) is 0 Å². The molecule has 0 saturated heterocycles. The van der Waals surface area contributed by atoms with Gasteiger partial charge in [0, 0.05) is 17.0 Å². The van der Waals surface area contributed by atoms with Crippen LogP contribution in [0.15, 0.2) is 27.4 Å².